The van der Waals surface area contributed by atoms with E-state index in [4.69, 9.17) is 9.47 Å². The summed E-state index contributed by atoms with van der Waals surface area (Å²) in [5.41, 5.74) is 2.84. The van der Waals surface area contributed by atoms with Gasteiger partial charge in [-0.3, -0.25) is 9.48 Å². The first-order chi connectivity index (χ1) is 12.5. The van der Waals surface area contributed by atoms with Crippen molar-refractivity contribution >= 4 is 27.5 Å². The first kappa shape index (κ1) is 18.3. The van der Waals surface area contributed by atoms with Crippen molar-refractivity contribution in [3.8, 4) is 5.75 Å². The van der Waals surface area contributed by atoms with E-state index in [0.717, 1.165) is 27.4 Å². The van der Waals surface area contributed by atoms with Crippen LogP contribution in [-0.2, 0) is 22.6 Å². The number of benzene rings is 1. The Morgan fingerprint density at radius 1 is 1.27 bits per heavy atom. The Morgan fingerprint density at radius 2 is 2.08 bits per heavy atom. The molecule has 0 saturated heterocycles. The van der Waals surface area contributed by atoms with Crippen molar-refractivity contribution in [2.24, 2.45) is 4.99 Å². The first-order valence-electron chi connectivity index (χ1n) is 8.26. The lowest BCUT2D eigenvalue weighted by molar-refractivity contribution is -0.118. The number of aromatic nitrogens is 3. The van der Waals surface area contributed by atoms with Crippen molar-refractivity contribution in [2.75, 3.05) is 20.8 Å². The van der Waals surface area contributed by atoms with Crippen molar-refractivity contribution in [3.63, 3.8) is 0 Å². The highest BCUT2D eigenvalue weighted by molar-refractivity contribution is 7.16. The molecule has 8 heteroatoms. The van der Waals surface area contributed by atoms with Gasteiger partial charge < -0.3 is 14.0 Å². The molecular weight excluding hydrogens is 352 g/mol. The SMILES string of the molecule is COCCn1c(=NC(=O)Cn2nc(C)cc2C)sc2cc(OC)ccc21. The second-order valence-electron chi connectivity index (χ2n) is 5.95. The predicted molar refractivity (Wildman–Crippen MR) is 101 cm³/mol. The Morgan fingerprint density at radius 3 is 2.73 bits per heavy atom. The topological polar surface area (TPSA) is 70.6 Å². The Kier molecular flexibility index (Phi) is 5.53. The molecule has 0 aliphatic rings. The molecule has 138 valence electrons. The summed E-state index contributed by atoms with van der Waals surface area (Å²) >= 11 is 1.46. The van der Waals surface area contributed by atoms with Gasteiger partial charge in [-0.25, -0.2) is 0 Å². The van der Waals surface area contributed by atoms with E-state index in [2.05, 4.69) is 10.1 Å². The Bertz CT molecular complexity index is 1000. The molecule has 0 radical (unpaired) electrons. The maximum absolute atomic E-state index is 12.5. The molecule has 0 aliphatic heterocycles. The van der Waals surface area contributed by atoms with Gasteiger partial charge in [-0.05, 0) is 38.1 Å². The number of ether oxygens (including phenoxy) is 2. The number of nitrogens with zero attached hydrogens (tertiary/aromatic N) is 4. The number of amides is 1. The number of methoxy groups -OCH3 is 2. The largest absolute Gasteiger partial charge is 0.497 e. The van der Waals surface area contributed by atoms with E-state index in [1.165, 1.54) is 11.3 Å². The molecule has 3 rings (SSSR count). The summed E-state index contributed by atoms with van der Waals surface area (Å²) in [5, 5.41) is 4.33. The van der Waals surface area contributed by atoms with Crippen LogP contribution in [0.5, 0.6) is 5.75 Å². The zero-order valence-electron chi connectivity index (χ0n) is 15.4. The van der Waals surface area contributed by atoms with Crippen LogP contribution in [0.2, 0.25) is 0 Å². The number of hydrogen-bond acceptors (Lipinski definition) is 5. The van der Waals surface area contributed by atoms with Crippen LogP contribution in [0.25, 0.3) is 10.2 Å². The molecular formula is C18H22N4O3S. The number of fused-ring (bicyclic) bond motifs is 1. The molecule has 0 bridgehead atoms. The van der Waals surface area contributed by atoms with E-state index < -0.39 is 0 Å². The zero-order chi connectivity index (χ0) is 18.7. The van der Waals surface area contributed by atoms with Gasteiger partial charge in [0.05, 0.1) is 29.6 Å². The molecule has 0 fully saturated rings. The highest BCUT2D eigenvalue weighted by Crippen LogP contribution is 2.23. The molecule has 0 aliphatic carbocycles. The van der Waals surface area contributed by atoms with Crippen LogP contribution >= 0.6 is 11.3 Å². The molecule has 1 aromatic carbocycles. The molecule has 2 heterocycles. The number of carbonyl (C=O) groups excluding carboxylic acids is 1. The van der Waals surface area contributed by atoms with Crippen LogP contribution in [0.15, 0.2) is 29.3 Å². The van der Waals surface area contributed by atoms with Crippen molar-refractivity contribution in [1.82, 2.24) is 14.3 Å². The highest BCUT2D eigenvalue weighted by Gasteiger charge is 2.11. The fourth-order valence-corrected chi connectivity index (χ4v) is 3.87. The van der Waals surface area contributed by atoms with E-state index in [0.29, 0.717) is 18.0 Å². The molecule has 26 heavy (non-hydrogen) atoms. The third-order valence-corrected chi connectivity index (χ3v) is 5.06. The van der Waals surface area contributed by atoms with Crippen molar-refractivity contribution < 1.29 is 14.3 Å². The van der Waals surface area contributed by atoms with Gasteiger partial charge >= 0.3 is 0 Å². The summed E-state index contributed by atoms with van der Waals surface area (Å²) in [6, 6.07) is 7.77. The quantitative estimate of drug-likeness (QED) is 0.664. The minimum absolute atomic E-state index is 0.127. The van der Waals surface area contributed by atoms with Gasteiger partial charge in [0, 0.05) is 19.3 Å². The highest BCUT2D eigenvalue weighted by atomic mass is 32.1. The smallest absolute Gasteiger partial charge is 0.270 e. The van der Waals surface area contributed by atoms with Crippen LogP contribution < -0.4 is 9.54 Å². The predicted octanol–water partition coefficient (Wildman–Crippen LogP) is 2.30. The maximum Gasteiger partial charge on any atom is 0.270 e. The molecule has 0 unspecified atom stereocenters. The molecule has 1 amide bonds. The summed E-state index contributed by atoms with van der Waals surface area (Å²) in [6.07, 6.45) is 0. The van der Waals surface area contributed by atoms with Gasteiger partial charge in [-0.2, -0.15) is 10.1 Å². The fourth-order valence-electron chi connectivity index (χ4n) is 2.77. The van der Waals surface area contributed by atoms with Crippen molar-refractivity contribution in [1.29, 1.82) is 0 Å². The third kappa shape index (κ3) is 3.86. The summed E-state index contributed by atoms with van der Waals surface area (Å²) in [7, 11) is 3.29. The van der Waals surface area contributed by atoms with E-state index in [1.54, 1.807) is 18.9 Å². The zero-order valence-corrected chi connectivity index (χ0v) is 16.2. The van der Waals surface area contributed by atoms with E-state index in [1.807, 2.05) is 42.7 Å². The lowest BCUT2D eigenvalue weighted by Crippen LogP contribution is -2.21. The number of thiazole rings is 1. The lowest BCUT2D eigenvalue weighted by Gasteiger charge is -2.05. The van der Waals surface area contributed by atoms with Crippen LogP contribution in [-0.4, -0.2) is 41.1 Å². The maximum atomic E-state index is 12.5. The van der Waals surface area contributed by atoms with E-state index in [-0.39, 0.29) is 12.5 Å². The summed E-state index contributed by atoms with van der Waals surface area (Å²) in [6.45, 7) is 5.12. The minimum atomic E-state index is -0.235. The summed E-state index contributed by atoms with van der Waals surface area (Å²) < 4.78 is 15.2. The molecule has 0 saturated carbocycles. The first-order valence-corrected chi connectivity index (χ1v) is 9.08. The van der Waals surface area contributed by atoms with Crippen LogP contribution in [0.1, 0.15) is 11.4 Å². The van der Waals surface area contributed by atoms with Crippen molar-refractivity contribution in [2.45, 2.75) is 26.9 Å². The Labute approximate surface area is 155 Å². The fraction of sp³-hybridized carbons (Fsp3) is 0.389. The number of rotatable bonds is 6. The molecule has 0 spiro atoms. The van der Waals surface area contributed by atoms with Crippen LogP contribution in [0, 0.1) is 13.8 Å². The monoisotopic (exact) mass is 374 g/mol. The summed E-state index contributed by atoms with van der Waals surface area (Å²) in [5.74, 6) is 0.541. The molecule has 2 aromatic heterocycles. The second-order valence-corrected chi connectivity index (χ2v) is 6.96. The Balaban J connectivity index is 1.99. The van der Waals surface area contributed by atoms with Crippen molar-refractivity contribution in [3.05, 3.63) is 40.5 Å². The van der Waals surface area contributed by atoms with Gasteiger partial charge in [0.2, 0.25) is 0 Å². The summed E-state index contributed by atoms with van der Waals surface area (Å²) in [4.78, 5) is 17.5. The van der Waals surface area contributed by atoms with Gasteiger partial charge in [0.15, 0.2) is 4.80 Å². The minimum Gasteiger partial charge on any atom is -0.497 e. The molecule has 0 atom stereocenters. The number of aryl methyl sites for hydroxylation is 2. The van der Waals surface area contributed by atoms with Gasteiger partial charge in [-0.15, -0.1) is 0 Å². The van der Waals surface area contributed by atoms with Crippen LogP contribution in [0.4, 0.5) is 0 Å². The van der Waals surface area contributed by atoms with Gasteiger partial charge in [-0.1, -0.05) is 11.3 Å². The third-order valence-electron chi connectivity index (χ3n) is 4.02. The van der Waals surface area contributed by atoms with Crippen LogP contribution in [0.3, 0.4) is 0 Å². The Hall–Kier alpha value is -2.45. The van der Waals surface area contributed by atoms with E-state index >= 15 is 0 Å². The number of carbonyl (C=O) groups is 1. The standard InChI is InChI=1S/C18H22N4O3S/c1-12-9-13(2)22(20-12)11-17(23)19-18-21(7-8-24-3)15-6-5-14(25-4)10-16(15)26-18/h5-6,9-10H,7-8,11H2,1-4H3. The van der Waals surface area contributed by atoms with Gasteiger partial charge in [0.1, 0.15) is 12.3 Å². The molecule has 7 nitrogen and oxygen atoms in total. The normalized spacial score (nSPS) is 12.1. The molecule has 3 aromatic rings. The molecule has 0 N–H and O–H groups in total. The van der Waals surface area contributed by atoms with E-state index in [9.17, 15) is 4.79 Å². The average molecular weight is 374 g/mol. The van der Waals surface area contributed by atoms with Gasteiger partial charge in [0.25, 0.3) is 5.91 Å². The number of hydrogen-bond donors (Lipinski definition) is 0. The second kappa shape index (κ2) is 7.84. The lowest BCUT2D eigenvalue weighted by atomic mass is 10.3. The average Bonchev–Trinajstić information content (AvgIpc) is 3.10.